The molecule has 0 aliphatic heterocycles. The summed E-state index contributed by atoms with van der Waals surface area (Å²) in [5.74, 6) is 0. The van der Waals surface area contributed by atoms with Gasteiger partial charge in [-0.2, -0.15) is 0 Å². The van der Waals surface area contributed by atoms with E-state index in [1.54, 1.807) is 12.1 Å². The molecular formula is C24H15ClS. The number of thiophene rings is 1. The highest BCUT2D eigenvalue weighted by Crippen LogP contribution is 2.42. The van der Waals surface area contributed by atoms with E-state index < -0.39 is 0 Å². The maximum atomic E-state index is 9.08. The fraction of sp³-hybridized carbons (Fsp3) is 0. The zero-order valence-corrected chi connectivity index (χ0v) is 15.2. The van der Waals surface area contributed by atoms with Crippen molar-refractivity contribution in [1.29, 1.82) is 0 Å². The molecular weight excluding hydrogens is 356 g/mol. The molecule has 0 radical (unpaired) electrons. The normalized spacial score (nSPS) is 13.4. The second-order valence-electron chi connectivity index (χ2n) is 6.03. The van der Waals surface area contributed by atoms with E-state index >= 15 is 0 Å². The Labute approximate surface area is 166 Å². The molecule has 4 aromatic carbocycles. The molecule has 0 saturated carbocycles. The van der Waals surface area contributed by atoms with Crippen molar-refractivity contribution in [3.63, 3.8) is 0 Å². The van der Waals surface area contributed by atoms with E-state index in [0.29, 0.717) is 20.8 Å². The van der Waals surface area contributed by atoms with Crippen LogP contribution in [-0.2, 0) is 0 Å². The van der Waals surface area contributed by atoms with Gasteiger partial charge in [-0.1, -0.05) is 72.2 Å². The zero-order valence-electron chi connectivity index (χ0n) is 17.6. The lowest BCUT2D eigenvalue weighted by Gasteiger charge is -2.10. The minimum absolute atomic E-state index is 0.245. The van der Waals surface area contributed by atoms with Crippen LogP contribution in [0.15, 0.2) is 90.9 Å². The van der Waals surface area contributed by atoms with Crippen LogP contribution in [0.4, 0.5) is 0 Å². The van der Waals surface area contributed by atoms with Crippen LogP contribution in [0.3, 0.4) is 0 Å². The van der Waals surface area contributed by atoms with Gasteiger partial charge >= 0.3 is 0 Å². The maximum absolute atomic E-state index is 9.08. The maximum Gasteiger partial charge on any atom is 0.0644 e. The van der Waals surface area contributed by atoms with Crippen molar-refractivity contribution in [1.82, 2.24) is 0 Å². The molecule has 0 saturated heterocycles. The van der Waals surface area contributed by atoms with E-state index in [4.69, 9.17) is 17.1 Å². The van der Waals surface area contributed by atoms with Crippen LogP contribution in [0.2, 0.25) is 5.02 Å². The summed E-state index contributed by atoms with van der Waals surface area (Å²) < 4.78 is 35.9. The molecule has 2 heteroatoms. The standard InChI is InChI=1S/C24H15ClS/c25-19-10-6-9-17(13-19)21-14-18(16-7-2-1-3-8-16)15-23-24(21)20-11-4-5-12-22(20)26-23/h1-15H/i4D,12D,14D,15D. The number of rotatable bonds is 2. The van der Waals surface area contributed by atoms with Gasteiger partial charge in [-0.05, 0) is 52.5 Å². The molecule has 1 aromatic heterocycles. The van der Waals surface area contributed by atoms with Gasteiger partial charge in [0.15, 0.2) is 0 Å². The van der Waals surface area contributed by atoms with Gasteiger partial charge in [0.2, 0.25) is 0 Å². The van der Waals surface area contributed by atoms with Crippen molar-refractivity contribution in [3.8, 4) is 22.3 Å². The number of hydrogen-bond donors (Lipinski definition) is 0. The van der Waals surface area contributed by atoms with Gasteiger partial charge in [-0.15, -0.1) is 11.3 Å². The Hall–Kier alpha value is -2.61. The highest BCUT2D eigenvalue weighted by atomic mass is 35.5. The molecule has 0 nitrogen and oxygen atoms in total. The van der Waals surface area contributed by atoms with Crippen molar-refractivity contribution in [3.05, 3.63) is 95.9 Å². The second kappa shape index (κ2) is 6.28. The van der Waals surface area contributed by atoms with Crippen LogP contribution in [0.25, 0.3) is 42.4 Å². The highest BCUT2D eigenvalue weighted by Gasteiger charge is 2.13. The summed E-state index contributed by atoms with van der Waals surface area (Å²) in [6, 6.07) is 21.2. The lowest BCUT2D eigenvalue weighted by atomic mass is 9.95. The van der Waals surface area contributed by atoms with Crippen molar-refractivity contribution >= 4 is 43.1 Å². The molecule has 0 unspecified atom stereocenters. The van der Waals surface area contributed by atoms with Crippen molar-refractivity contribution < 1.29 is 5.48 Å². The molecule has 26 heavy (non-hydrogen) atoms. The first-order chi connectivity index (χ1) is 14.5. The summed E-state index contributed by atoms with van der Waals surface area (Å²) in [7, 11) is 0. The third-order valence-electron chi connectivity index (χ3n) is 4.37. The molecule has 0 N–H and O–H groups in total. The molecule has 0 fully saturated rings. The largest absolute Gasteiger partial charge is 0.135 e. The third-order valence-corrected chi connectivity index (χ3v) is 5.66. The zero-order chi connectivity index (χ0) is 21.0. The molecule has 0 aliphatic carbocycles. The Morgan fingerprint density at radius 3 is 2.46 bits per heavy atom. The average Bonchev–Trinajstić information content (AvgIpc) is 3.09. The van der Waals surface area contributed by atoms with Crippen LogP contribution in [-0.4, -0.2) is 0 Å². The summed E-state index contributed by atoms with van der Waals surface area (Å²) in [5, 5.41) is 2.05. The monoisotopic (exact) mass is 374 g/mol. The molecule has 5 rings (SSSR count). The number of benzene rings is 4. The predicted molar refractivity (Wildman–Crippen MR) is 115 cm³/mol. The lowest BCUT2D eigenvalue weighted by Crippen LogP contribution is -1.84. The van der Waals surface area contributed by atoms with Gasteiger partial charge in [0, 0.05) is 25.2 Å². The first-order valence-corrected chi connectivity index (χ1v) is 9.43. The minimum Gasteiger partial charge on any atom is -0.135 e. The summed E-state index contributed by atoms with van der Waals surface area (Å²) in [6.07, 6.45) is 0. The molecule has 1 heterocycles. The van der Waals surface area contributed by atoms with E-state index in [1.807, 2.05) is 48.5 Å². The Bertz CT molecular complexity index is 1440. The van der Waals surface area contributed by atoms with Gasteiger partial charge in [-0.3, -0.25) is 0 Å². The average molecular weight is 375 g/mol. The minimum atomic E-state index is 0.245. The Morgan fingerprint density at radius 1 is 0.769 bits per heavy atom. The summed E-state index contributed by atoms with van der Waals surface area (Å²) in [5.41, 5.74) is 2.83. The van der Waals surface area contributed by atoms with Gasteiger partial charge in [0.1, 0.15) is 0 Å². The van der Waals surface area contributed by atoms with Crippen molar-refractivity contribution in [2.24, 2.45) is 0 Å². The quantitative estimate of drug-likeness (QED) is 0.293. The van der Waals surface area contributed by atoms with E-state index in [2.05, 4.69) is 0 Å². The first kappa shape index (κ1) is 11.9. The van der Waals surface area contributed by atoms with Crippen LogP contribution in [0, 0.1) is 0 Å². The molecule has 0 spiro atoms. The molecule has 0 bridgehead atoms. The molecule has 0 amide bonds. The smallest absolute Gasteiger partial charge is 0.0644 e. The number of fused-ring (bicyclic) bond motifs is 3. The van der Waals surface area contributed by atoms with Crippen molar-refractivity contribution in [2.45, 2.75) is 0 Å². The fourth-order valence-corrected chi connectivity index (χ4v) is 4.45. The van der Waals surface area contributed by atoms with Gasteiger partial charge < -0.3 is 0 Å². The molecule has 5 aromatic rings. The third kappa shape index (κ3) is 2.61. The molecule has 124 valence electrons. The lowest BCUT2D eigenvalue weighted by molar-refractivity contribution is 1.63. The van der Waals surface area contributed by atoms with Gasteiger partial charge in [0.05, 0.1) is 5.48 Å². The number of hydrogen-bond acceptors (Lipinski definition) is 1. The molecule has 0 aliphatic rings. The highest BCUT2D eigenvalue weighted by molar-refractivity contribution is 7.26. The summed E-state index contributed by atoms with van der Waals surface area (Å²) in [4.78, 5) is 0. The van der Waals surface area contributed by atoms with Crippen LogP contribution in [0.5, 0.6) is 0 Å². The topological polar surface area (TPSA) is 0 Å². The predicted octanol–water partition coefficient (Wildman–Crippen LogP) is 8.04. The van der Waals surface area contributed by atoms with E-state index in [0.717, 1.165) is 26.6 Å². The second-order valence-corrected chi connectivity index (χ2v) is 7.48. The Kier molecular flexibility index (Phi) is 2.87. The van der Waals surface area contributed by atoms with Gasteiger partial charge in [-0.25, -0.2) is 0 Å². The first-order valence-electron chi connectivity index (χ1n) is 10.2. The van der Waals surface area contributed by atoms with Crippen LogP contribution >= 0.6 is 22.9 Å². The van der Waals surface area contributed by atoms with E-state index in [9.17, 15) is 0 Å². The fourth-order valence-electron chi connectivity index (χ4n) is 3.20. The van der Waals surface area contributed by atoms with Gasteiger partial charge in [0.25, 0.3) is 0 Å². The van der Waals surface area contributed by atoms with Crippen LogP contribution < -0.4 is 0 Å². The Balaban J connectivity index is 2.03. The summed E-state index contributed by atoms with van der Waals surface area (Å²) >= 11 is 7.65. The SMILES string of the molecule is [2H]c1cc([2H])c2sc3c([2H])c(-c4ccccc4)c([2H])c(-c4cccc(Cl)c4)c3c2c1. The van der Waals surface area contributed by atoms with E-state index in [1.165, 1.54) is 17.4 Å². The Morgan fingerprint density at radius 2 is 1.62 bits per heavy atom. The summed E-state index contributed by atoms with van der Waals surface area (Å²) in [6.45, 7) is 0. The molecule has 0 atom stereocenters. The van der Waals surface area contributed by atoms with Crippen molar-refractivity contribution in [2.75, 3.05) is 0 Å². The van der Waals surface area contributed by atoms with E-state index in [-0.39, 0.29) is 24.2 Å². The number of halogens is 1. The van der Waals surface area contributed by atoms with Crippen LogP contribution in [0.1, 0.15) is 5.48 Å².